The number of aromatic nitrogens is 4. The molecule has 114 valence electrons. The first-order valence-electron chi connectivity index (χ1n) is 7.56. The molecular formula is C17H15N5O. The minimum Gasteiger partial charge on any atom is -0.322 e. The van der Waals surface area contributed by atoms with Gasteiger partial charge in [0.15, 0.2) is 0 Å². The van der Waals surface area contributed by atoms with E-state index in [0.717, 1.165) is 24.2 Å². The van der Waals surface area contributed by atoms with Crippen LogP contribution in [-0.2, 0) is 12.8 Å². The standard InChI is InChI=1S/C17H15N5O/c23-17(14-5-4-12-2-1-3-13(12)10-14)19-15-6-8-16(9-7-15)22-11-18-20-21-22/h4-11H,1-3H2,(H,19,23). The van der Waals surface area contributed by atoms with E-state index in [2.05, 4.69) is 26.9 Å². The summed E-state index contributed by atoms with van der Waals surface area (Å²) in [5.74, 6) is -0.0881. The number of hydrogen-bond acceptors (Lipinski definition) is 4. The molecule has 0 radical (unpaired) electrons. The number of fused-ring (bicyclic) bond motifs is 1. The van der Waals surface area contributed by atoms with Crippen LogP contribution in [-0.4, -0.2) is 26.1 Å². The zero-order valence-electron chi connectivity index (χ0n) is 12.4. The molecule has 0 unspecified atom stereocenters. The van der Waals surface area contributed by atoms with Crippen molar-refractivity contribution < 1.29 is 4.79 Å². The molecule has 23 heavy (non-hydrogen) atoms. The summed E-state index contributed by atoms with van der Waals surface area (Å²) < 4.78 is 1.56. The van der Waals surface area contributed by atoms with Crippen molar-refractivity contribution in [3.8, 4) is 5.69 Å². The van der Waals surface area contributed by atoms with Gasteiger partial charge in [-0.05, 0) is 77.2 Å². The summed E-state index contributed by atoms with van der Waals surface area (Å²) in [5.41, 5.74) is 4.95. The molecular weight excluding hydrogens is 290 g/mol. The average molecular weight is 305 g/mol. The van der Waals surface area contributed by atoms with Crippen LogP contribution in [0.15, 0.2) is 48.8 Å². The minimum absolute atomic E-state index is 0.0881. The van der Waals surface area contributed by atoms with Gasteiger partial charge in [0.05, 0.1) is 5.69 Å². The van der Waals surface area contributed by atoms with Gasteiger partial charge in [-0.2, -0.15) is 0 Å². The quantitative estimate of drug-likeness (QED) is 0.806. The molecule has 0 fully saturated rings. The number of anilines is 1. The first kappa shape index (κ1) is 13.6. The minimum atomic E-state index is -0.0881. The van der Waals surface area contributed by atoms with Gasteiger partial charge in [-0.3, -0.25) is 4.79 Å². The van der Waals surface area contributed by atoms with Crippen molar-refractivity contribution >= 4 is 11.6 Å². The lowest BCUT2D eigenvalue weighted by Gasteiger charge is -2.08. The highest BCUT2D eigenvalue weighted by atomic mass is 16.1. The fourth-order valence-electron chi connectivity index (χ4n) is 2.89. The van der Waals surface area contributed by atoms with Gasteiger partial charge in [-0.25, -0.2) is 4.68 Å². The van der Waals surface area contributed by atoms with E-state index in [-0.39, 0.29) is 5.91 Å². The zero-order valence-corrected chi connectivity index (χ0v) is 12.4. The predicted octanol–water partition coefficient (Wildman–Crippen LogP) is 2.40. The molecule has 3 aromatic rings. The topological polar surface area (TPSA) is 72.7 Å². The maximum Gasteiger partial charge on any atom is 0.255 e. The van der Waals surface area contributed by atoms with Crippen molar-refractivity contribution in [2.24, 2.45) is 0 Å². The van der Waals surface area contributed by atoms with Crippen molar-refractivity contribution in [2.75, 3.05) is 5.32 Å². The van der Waals surface area contributed by atoms with Crippen LogP contribution < -0.4 is 5.32 Å². The Labute approximate surface area is 133 Å². The highest BCUT2D eigenvalue weighted by molar-refractivity contribution is 6.04. The lowest BCUT2D eigenvalue weighted by atomic mass is 10.1. The third-order valence-electron chi connectivity index (χ3n) is 4.10. The summed E-state index contributed by atoms with van der Waals surface area (Å²) in [7, 11) is 0. The fourth-order valence-corrected chi connectivity index (χ4v) is 2.89. The highest BCUT2D eigenvalue weighted by Gasteiger charge is 2.14. The molecule has 1 N–H and O–H groups in total. The van der Waals surface area contributed by atoms with Crippen LogP contribution in [0.4, 0.5) is 5.69 Å². The summed E-state index contributed by atoms with van der Waals surface area (Å²) in [6.45, 7) is 0. The van der Waals surface area contributed by atoms with Crippen LogP contribution in [0.2, 0.25) is 0 Å². The molecule has 6 nitrogen and oxygen atoms in total. The van der Waals surface area contributed by atoms with Crippen LogP contribution in [0, 0.1) is 0 Å². The molecule has 2 aromatic carbocycles. The number of amides is 1. The molecule has 0 saturated heterocycles. The number of carbonyl (C=O) groups excluding carboxylic acids is 1. The van der Waals surface area contributed by atoms with E-state index in [9.17, 15) is 4.79 Å². The number of carbonyl (C=O) groups is 1. The summed E-state index contributed by atoms with van der Waals surface area (Å²) in [6.07, 6.45) is 4.89. The highest BCUT2D eigenvalue weighted by Crippen LogP contribution is 2.23. The SMILES string of the molecule is O=C(Nc1ccc(-n2cnnn2)cc1)c1ccc2c(c1)CCC2. The Kier molecular flexibility index (Phi) is 3.34. The number of rotatable bonds is 3. The Hall–Kier alpha value is -3.02. The molecule has 1 aliphatic rings. The molecule has 4 rings (SSSR count). The van der Waals surface area contributed by atoms with Crippen molar-refractivity contribution in [1.29, 1.82) is 0 Å². The maximum atomic E-state index is 12.4. The molecule has 0 atom stereocenters. The molecule has 1 aromatic heterocycles. The lowest BCUT2D eigenvalue weighted by Crippen LogP contribution is -2.12. The first-order chi connectivity index (χ1) is 11.3. The van der Waals surface area contributed by atoms with Crippen LogP contribution in [0.1, 0.15) is 27.9 Å². The number of nitrogens with zero attached hydrogens (tertiary/aromatic N) is 4. The molecule has 6 heteroatoms. The number of hydrogen-bond donors (Lipinski definition) is 1. The Morgan fingerprint density at radius 1 is 1.04 bits per heavy atom. The van der Waals surface area contributed by atoms with E-state index in [4.69, 9.17) is 0 Å². The van der Waals surface area contributed by atoms with Gasteiger partial charge in [0.25, 0.3) is 5.91 Å². The molecule has 0 spiro atoms. The van der Waals surface area contributed by atoms with Gasteiger partial charge in [0.1, 0.15) is 6.33 Å². The second-order valence-electron chi connectivity index (χ2n) is 5.59. The average Bonchev–Trinajstić information content (AvgIpc) is 3.26. The third kappa shape index (κ3) is 2.70. The summed E-state index contributed by atoms with van der Waals surface area (Å²) in [5, 5.41) is 13.9. The van der Waals surface area contributed by atoms with Crippen LogP contribution in [0.3, 0.4) is 0 Å². The van der Waals surface area contributed by atoms with E-state index >= 15 is 0 Å². The Balaban J connectivity index is 1.50. The fraction of sp³-hybridized carbons (Fsp3) is 0.176. The van der Waals surface area contributed by atoms with E-state index in [1.165, 1.54) is 23.9 Å². The van der Waals surface area contributed by atoms with Crippen LogP contribution >= 0.6 is 0 Å². The summed E-state index contributed by atoms with van der Waals surface area (Å²) in [4.78, 5) is 12.4. The number of benzene rings is 2. The van der Waals surface area contributed by atoms with Crippen molar-refractivity contribution in [3.63, 3.8) is 0 Å². The van der Waals surface area contributed by atoms with E-state index in [1.807, 2.05) is 36.4 Å². The Bertz CT molecular complexity index is 840. The van der Waals surface area contributed by atoms with E-state index in [1.54, 1.807) is 4.68 Å². The van der Waals surface area contributed by atoms with Gasteiger partial charge in [0.2, 0.25) is 0 Å². The second kappa shape index (κ2) is 5.64. The van der Waals surface area contributed by atoms with Gasteiger partial charge in [0, 0.05) is 11.3 Å². The molecule has 1 heterocycles. The summed E-state index contributed by atoms with van der Waals surface area (Å²) >= 11 is 0. The molecule has 0 bridgehead atoms. The first-order valence-corrected chi connectivity index (χ1v) is 7.56. The van der Waals surface area contributed by atoms with E-state index < -0.39 is 0 Å². The zero-order chi connectivity index (χ0) is 15.6. The number of nitrogens with one attached hydrogen (secondary N) is 1. The van der Waals surface area contributed by atoms with Crippen molar-refractivity contribution in [3.05, 3.63) is 65.5 Å². The monoisotopic (exact) mass is 305 g/mol. The molecule has 0 aliphatic heterocycles. The second-order valence-corrected chi connectivity index (χ2v) is 5.59. The predicted molar refractivity (Wildman–Crippen MR) is 85.6 cm³/mol. The molecule has 0 saturated carbocycles. The number of tetrazole rings is 1. The van der Waals surface area contributed by atoms with Crippen molar-refractivity contribution in [1.82, 2.24) is 20.2 Å². The lowest BCUT2D eigenvalue weighted by molar-refractivity contribution is 0.102. The normalized spacial score (nSPS) is 12.9. The number of aryl methyl sites for hydroxylation is 2. The van der Waals surface area contributed by atoms with E-state index in [0.29, 0.717) is 5.56 Å². The van der Waals surface area contributed by atoms with Crippen LogP contribution in [0.5, 0.6) is 0 Å². The van der Waals surface area contributed by atoms with Crippen molar-refractivity contribution in [2.45, 2.75) is 19.3 Å². The van der Waals surface area contributed by atoms with Crippen LogP contribution in [0.25, 0.3) is 5.69 Å². The smallest absolute Gasteiger partial charge is 0.255 e. The Morgan fingerprint density at radius 3 is 2.65 bits per heavy atom. The Morgan fingerprint density at radius 2 is 1.87 bits per heavy atom. The largest absolute Gasteiger partial charge is 0.322 e. The van der Waals surface area contributed by atoms with Gasteiger partial charge >= 0.3 is 0 Å². The van der Waals surface area contributed by atoms with Gasteiger partial charge in [-0.1, -0.05) is 6.07 Å². The van der Waals surface area contributed by atoms with Gasteiger partial charge in [-0.15, -0.1) is 5.10 Å². The third-order valence-corrected chi connectivity index (χ3v) is 4.10. The summed E-state index contributed by atoms with van der Waals surface area (Å²) in [6, 6.07) is 13.4. The molecule has 1 aliphatic carbocycles. The molecule has 1 amide bonds. The maximum absolute atomic E-state index is 12.4. The van der Waals surface area contributed by atoms with Gasteiger partial charge < -0.3 is 5.32 Å².